The Morgan fingerprint density at radius 1 is 0.656 bits per heavy atom. The minimum Gasteiger partial charge on any atom is -0.402 e. The highest BCUT2D eigenvalue weighted by molar-refractivity contribution is 9.10. The summed E-state index contributed by atoms with van der Waals surface area (Å²) < 4.78 is 69.5. The first-order valence-corrected chi connectivity index (χ1v) is 10.0. The third-order valence-corrected chi connectivity index (χ3v) is 4.47. The second-order valence-electron chi connectivity index (χ2n) is 5.79. The molecule has 3 rings (SSSR count). The fourth-order valence-electron chi connectivity index (χ4n) is 1.86. The molecule has 6 N–H and O–H groups in total. The second kappa shape index (κ2) is 13.4. The molecule has 13 heteroatoms. The molecule has 0 fully saturated rings. The van der Waals surface area contributed by atoms with E-state index in [1.807, 2.05) is 48.5 Å². The zero-order valence-electron chi connectivity index (χ0n) is 16.0. The summed E-state index contributed by atoms with van der Waals surface area (Å²) in [6.07, 6.45) is 0. The van der Waals surface area contributed by atoms with Crippen molar-refractivity contribution < 1.29 is 36.7 Å². The maximum absolute atomic E-state index is 12.9. The van der Waals surface area contributed by atoms with Gasteiger partial charge in [-0.25, -0.2) is 22.0 Å². The van der Waals surface area contributed by atoms with Crippen molar-refractivity contribution in [2.24, 2.45) is 0 Å². The minimum absolute atomic E-state index is 0.799. The molecule has 0 aliphatic rings. The molecule has 0 aliphatic heterocycles. The Balaban J connectivity index is 0.000000267. The molecular weight excluding hydrogens is 570 g/mol. The molecule has 3 aromatic rings. The Kier molecular flexibility index (Phi) is 11.6. The van der Waals surface area contributed by atoms with Gasteiger partial charge in [-0.05, 0) is 48.5 Å². The Morgan fingerprint density at radius 3 is 1.25 bits per heavy atom. The van der Waals surface area contributed by atoms with Crippen molar-refractivity contribution in [3.05, 3.63) is 92.1 Å². The standard InChI is InChI=1S/C7H4BF5O3.2C6H6BrN/c9-3-2(1-16-8(14)15)4(10)6(12)7(13)5(3)11;2*7-5-1-3-6(8)4-2-5/h14-15H,1H2;2*1-4H,8H2. The fraction of sp³-hybridized carbons (Fsp3) is 0.0526. The first-order chi connectivity index (χ1) is 14.9. The van der Waals surface area contributed by atoms with Gasteiger partial charge < -0.3 is 26.2 Å². The van der Waals surface area contributed by atoms with E-state index in [1.54, 1.807) is 0 Å². The summed E-state index contributed by atoms with van der Waals surface area (Å²) in [5.41, 5.74) is 11.1. The second-order valence-corrected chi connectivity index (χ2v) is 7.62. The predicted molar refractivity (Wildman–Crippen MR) is 118 cm³/mol. The van der Waals surface area contributed by atoms with Gasteiger partial charge in [-0.3, -0.25) is 0 Å². The Morgan fingerprint density at radius 2 is 0.969 bits per heavy atom. The maximum Gasteiger partial charge on any atom is 0.634 e. The van der Waals surface area contributed by atoms with Crippen LogP contribution >= 0.6 is 31.9 Å². The van der Waals surface area contributed by atoms with Crippen LogP contribution < -0.4 is 11.5 Å². The summed E-state index contributed by atoms with van der Waals surface area (Å²) in [6.45, 7) is -1.16. The Bertz CT molecular complexity index is 899. The lowest BCUT2D eigenvalue weighted by Crippen LogP contribution is -2.18. The largest absolute Gasteiger partial charge is 0.634 e. The van der Waals surface area contributed by atoms with Gasteiger partial charge in [0.15, 0.2) is 23.3 Å². The lowest BCUT2D eigenvalue weighted by Gasteiger charge is -2.08. The number of anilines is 2. The first-order valence-electron chi connectivity index (χ1n) is 8.44. The third kappa shape index (κ3) is 9.13. The number of hydrogen-bond donors (Lipinski definition) is 4. The number of rotatable bonds is 3. The number of nitrogens with two attached hydrogens (primary N) is 2. The van der Waals surface area contributed by atoms with Gasteiger partial charge in [-0.1, -0.05) is 31.9 Å². The molecule has 0 aliphatic carbocycles. The van der Waals surface area contributed by atoms with E-state index in [0.717, 1.165) is 20.3 Å². The quantitative estimate of drug-likeness (QED) is 0.115. The van der Waals surface area contributed by atoms with Crippen LogP contribution in [0.3, 0.4) is 0 Å². The monoisotopic (exact) mass is 584 g/mol. The number of benzene rings is 3. The van der Waals surface area contributed by atoms with Crippen LogP contribution in [0.4, 0.5) is 33.3 Å². The van der Waals surface area contributed by atoms with Gasteiger partial charge >= 0.3 is 7.32 Å². The molecule has 0 bridgehead atoms. The van der Waals surface area contributed by atoms with Gasteiger partial charge in [-0.15, -0.1) is 0 Å². The smallest absolute Gasteiger partial charge is 0.402 e. The van der Waals surface area contributed by atoms with Gasteiger partial charge in [0, 0.05) is 20.3 Å². The predicted octanol–water partition coefficient (Wildman–Crippen LogP) is 4.93. The van der Waals surface area contributed by atoms with Crippen molar-refractivity contribution in [1.82, 2.24) is 0 Å². The average molecular weight is 586 g/mol. The van der Waals surface area contributed by atoms with Crippen LogP contribution in [0.5, 0.6) is 0 Å². The van der Waals surface area contributed by atoms with E-state index >= 15 is 0 Å². The third-order valence-electron chi connectivity index (χ3n) is 3.42. The van der Waals surface area contributed by atoms with E-state index in [9.17, 15) is 22.0 Å². The van der Waals surface area contributed by atoms with E-state index in [0.29, 0.717) is 0 Å². The highest BCUT2D eigenvalue weighted by atomic mass is 79.9. The van der Waals surface area contributed by atoms with Crippen LogP contribution in [0.15, 0.2) is 57.5 Å². The summed E-state index contributed by atoms with van der Waals surface area (Å²) in [6, 6.07) is 15.1. The van der Waals surface area contributed by atoms with E-state index in [2.05, 4.69) is 36.5 Å². The van der Waals surface area contributed by atoms with Crippen molar-refractivity contribution in [1.29, 1.82) is 0 Å². The average Bonchev–Trinajstić information content (AvgIpc) is 2.76. The first kappa shape index (κ1) is 27.8. The summed E-state index contributed by atoms with van der Waals surface area (Å²) in [5, 5.41) is 16.4. The van der Waals surface area contributed by atoms with Crippen LogP contribution in [-0.4, -0.2) is 17.4 Å². The SMILES string of the molecule is Nc1ccc(Br)cc1.Nc1ccc(Br)cc1.OB(O)OCc1c(F)c(F)c(F)c(F)c1F. The molecule has 0 atom stereocenters. The lowest BCUT2D eigenvalue weighted by atomic mass is 10.1. The molecule has 3 aromatic carbocycles. The van der Waals surface area contributed by atoms with Crippen LogP contribution in [0, 0.1) is 29.1 Å². The lowest BCUT2D eigenvalue weighted by molar-refractivity contribution is 0.170. The summed E-state index contributed by atoms with van der Waals surface area (Å²) in [4.78, 5) is 0. The van der Waals surface area contributed by atoms with Crippen molar-refractivity contribution in [3.8, 4) is 0 Å². The molecule has 0 amide bonds. The van der Waals surface area contributed by atoms with E-state index < -0.39 is 48.6 Å². The van der Waals surface area contributed by atoms with Crippen LogP contribution in [0.25, 0.3) is 0 Å². The van der Waals surface area contributed by atoms with Gasteiger partial charge in [0.05, 0.1) is 12.2 Å². The summed E-state index contributed by atoms with van der Waals surface area (Å²) in [5.74, 6) is -10.7. The normalized spacial score (nSPS) is 9.91. The van der Waals surface area contributed by atoms with Crippen LogP contribution in [0.1, 0.15) is 5.56 Å². The molecule has 0 radical (unpaired) electrons. The molecular formula is C19H16BBr2F5N2O3. The van der Waals surface area contributed by atoms with E-state index in [1.165, 1.54) is 0 Å². The molecule has 5 nitrogen and oxygen atoms in total. The molecule has 0 spiro atoms. The van der Waals surface area contributed by atoms with Crippen molar-refractivity contribution >= 4 is 50.6 Å². The molecule has 0 aromatic heterocycles. The van der Waals surface area contributed by atoms with Gasteiger partial charge in [0.25, 0.3) is 0 Å². The van der Waals surface area contributed by atoms with Crippen LogP contribution in [0.2, 0.25) is 0 Å². The summed E-state index contributed by atoms with van der Waals surface area (Å²) >= 11 is 6.58. The molecule has 0 saturated carbocycles. The number of hydrogen-bond acceptors (Lipinski definition) is 5. The summed E-state index contributed by atoms with van der Waals surface area (Å²) in [7, 11) is -2.38. The molecule has 0 unspecified atom stereocenters. The molecule has 172 valence electrons. The van der Waals surface area contributed by atoms with E-state index in [4.69, 9.17) is 21.5 Å². The zero-order chi connectivity index (χ0) is 24.4. The number of halogens is 7. The van der Waals surface area contributed by atoms with Crippen molar-refractivity contribution in [2.75, 3.05) is 11.5 Å². The Labute approximate surface area is 197 Å². The van der Waals surface area contributed by atoms with Gasteiger partial charge in [-0.2, -0.15) is 0 Å². The maximum atomic E-state index is 12.9. The minimum atomic E-state index is -2.38. The highest BCUT2D eigenvalue weighted by Crippen LogP contribution is 2.23. The van der Waals surface area contributed by atoms with Gasteiger partial charge in [0.2, 0.25) is 5.82 Å². The fourth-order valence-corrected chi connectivity index (χ4v) is 2.39. The molecule has 0 heterocycles. The van der Waals surface area contributed by atoms with Crippen LogP contribution in [-0.2, 0) is 11.3 Å². The number of nitrogen functional groups attached to an aromatic ring is 2. The van der Waals surface area contributed by atoms with Crippen molar-refractivity contribution in [3.63, 3.8) is 0 Å². The topological polar surface area (TPSA) is 102 Å². The Hall–Kier alpha value is -2.19. The zero-order valence-corrected chi connectivity index (χ0v) is 19.2. The molecule has 32 heavy (non-hydrogen) atoms. The van der Waals surface area contributed by atoms with Crippen molar-refractivity contribution in [2.45, 2.75) is 6.61 Å². The molecule has 0 saturated heterocycles. The van der Waals surface area contributed by atoms with E-state index in [-0.39, 0.29) is 0 Å². The highest BCUT2D eigenvalue weighted by Gasteiger charge is 2.26. The van der Waals surface area contributed by atoms with Gasteiger partial charge in [0.1, 0.15) is 0 Å².